The maximum absolute atomic E-state index is 12.7. The Morgan fingerprint density at radius 3 is 2.52 bits per heavy atom. The Bertz CT molecular complexity index is 1160. The topological polar surface area (TPSA) is 104 Å². The third kappa shape index (κ3) is 5.03. The van der Waals surface area contributed by atoms with Gasteiger partial charge in [-0.25, -0.2) is 4.79 Å². The van der Waals surface area contributed by atoms with Crippen molar-refractivity contribution in [3.8, 4) is 17.6 Å². The summed E-state index contributed by atoms with van der Waals surface area (Å²) in [5.74, 6) is -0.364. The summed E-state index contributed by atoms with van der Waals surface area (Å²) in [5, 5.41) is 10.7. The van der Waals surface area contributed by atoms with E-state index in [1.165, 1.54) is 7.11 Å². The number of nitrogens with two attached hydrogens (primary N) is 1. The Kier molecular flexibility index (Phi) is 7.75. The van der Waals surface area contributed by atoms with E-state index >= 15 is 0 Å². The predicted octanol–water partition coefficient (Wildman–Crippen LogP) is 5.23. The van der Waals surface area contributed by atoms with Gasteiger partial charge in [0.25, 0.3) is 0 Å². The van der Waals surface area contributed by atoms with Gasteiger partial charge in [-0.05, 0) is 43.7 Å². The number of carbonyl (C=O) groups is 1. The first kappa shape index (κ1) is 24.3. The largest absolute Gasteiger partial charge is 0.493 e. The minimum Gasteiger partial charge on any atom is -0.493 e. The number of ether oxygens (including phenoxy) is 4. The second kappa shape index (κ2) is 10.5. The molecule has 0 radical (unpaired) electrons. The summed E-state index contributed by atoms with van der Waals surface area (Å²) < 4.78 is 22.0. The average Bonchev–Trinajstić information content (AvgIpc) is 2.78. The van der Waals surface area contributed by atoms with Gasteiger partial charge in [0.2, 0.25) is 5.88 Å². The summed E-state index contributed by atoms with van der Waals surface area (Å²) in [7, 11) is 1.49. The molecule has 0 saturated heterocycles. The third-order valence-electron chi connectivity index (χ3n) is 5.06. The van der Waals surface area contributed by atoms with Crippen LogP contribution in [-0.4, -0.2) is 19.7 Å². The summed E-state index contributed by atoms with van der Waals surface area (Å²) in [6, 6.07) is 12.3. The first-order valence-corrected chi connectivity index (χ1v) is 10.8. The number of benzene rings is 2. The summed E-state index contributed by atoms with van der Waals surface area (Å²) in [6.45, 7) is 3.59. The second-order valence-electron chi connectivity index (χ2n) is 7.01. The maximum Gasteiger partial charge on any atom is 0.338 e. The summed E-state index contributed by atoms with van der Waals surface area (Å²) in [5.41, 5.74) is 7.47. The van der Waals surface area contributed by atoms with Crippen molar-refractivity contribution in [2.75, 3.05) is 13.7 Å². The number of halogens is 2. The number of hydrogen-bond donors (Lipinski definition) is 1. The van der Waals surface area contributed by atoms with Gasteiger partial charge in [0.05, 0.1) is 25.2 Å². The molecule has 1 heterocycles. The molecular formula is C24H22Cl2N2O5. The van der Waals surface area contributed by atoms with E-state index in [4.69, 9.17) is 47.9 Å². The molecule has 1 unspecified atom stereocenters. The quantitative estimate of drug-likeness (QED) is 0.532. The van der Waals surface area contributed by atoms with Crippen molar-refractivity contribution >= 4 is 29.2 Å². The van der Waals surface area contributed by atoms with E-state index in [1.807, 2.05) is 6.07 Å². The van der Waals surface area contributed by atoms with Gasteiger partial charge in [0, 0.05) is 15.6 Å². The Balaban J connectivity index is 2.00. The second-order valence-corrected chi connectivity index (χ2v) is 7.83. The van der Waals surface area contributed by atoms with Crippen LogP contribution in [0.2, 0.25) is 10.0 Å². The summed E-state index contributed by atoms with van der Waals surface area (Å²) in [6.07, 6.45) is 0. The molecule has 172 valence electrons. The Morgan fingerprint density at radius 2 is 1.91 bits per heavy atom. The molecule has 0 spiro atoms. The zero-order valence-electron chi connectivity index (χ0n) is 18.3. The number of rotatable bonds is 7. The lowest BCUT2D eigenvalue weighted by molar-refractivity contribution is -0.139. The zero-order chi connectivity index (χ0) is 24.1. The van der Waals surface area contributed by atoms with E-state index in [2.05, 4.69) is 0 Å². The van der Waals surface area contributed by atoms with E-state index in [0.29, 0.717) is 32.7 Å². The Hall–Kier alpha value is -3.34. The lowest BCUT2D eigenvalue weighted by atomic mass is 9.83. The van der Waals surface area contributed by atoms with Crippen molar-refractivity contribution in [3.05, 3.63) is 80.4 Å². The van der Waals surface area contributed by atoms with Crippen LogP contribution in [0.4, 0.5) is 0 Å². The number of methoxy groups -OCH3 is 1. The van der Waals surface area contributed by atoms with Crippen LogP contribution in [0.3, 0.4) is 0 Å². The molecule has 0 aliphatic carbocycles. The highest BCUT2D eigenvalue weighted by atomic mass is 35.5. The molecule has 0 bridgehead atoms. The highest BCUT2D eigenvalue weighted by molar-refractivity contribution is 6.35. The van der Waals surface area contributed by atoms with Gasteiger partial charge in [-0.1, -0.05) is 35.3 Å². The van der Waals surface area contributed by atoms with Crippen LogP contribution in [0.15, 0.2) is 59.2 Å². The number of carbonyl (C=O) groups excluding carboxylic acids is 1. The van der Waals surface area contributed by atoms with Crippen molar-refractivity contribution in [2.24, 2.45) is 5.73 Å². The monoisotopic (exact) mass is 488 g/mol. The molecule has 2 aromatic carbocycles. The van der Waals surface area contributed by atoms with Crippen LogP contribution in [-0.2, 0) is 20.9 Å². The molecule has 9 heteroatoms. The van der Waals surface area contributed by atoms with Crippen molar-refractivity contribution in [2.45, 2.75) is 26.4 Å². The minimum absolute atomic E-state index is 0.0688. The van der Waals surface area contributed by atoms with Crippen LogP contribution in [0.25, 0.3) is 0 Å². The molecule has 1 atom stereocenters. The van der Waals surface area contributed by atoms with Crippen LogP contribution >= 0.6 is 23.2 Å². The Labute approximate surface area is 201 Å². The van der Waals surface area contributed by atoms with Gasteiger partial charge >= 0.3 is 5.97 Å². The molecule has 0 amide bonds. The van der Waals surface area contributed by atoms with Gasteiger partial charge in [-0.3, -0.25) is 0 Å². The van der Waals surface area contributed by atoms with E-state index in [1.54, 1.807) is 50.2 Å². The van der Waals surface area contributed by atoms with Gasteiger partial charge in [0.1, 0.15) is 24.0 Å². The van der Waals surface area contributed by atoms with Gasteiger partial charge in [0.15, 0.2) is 11.5 Å². The fourth-order valence-corrected chi connectivity index (χ4v) is 4.00. The van der Waals surface area contributed by atoms with E-state index in [-0.39, 0.29) is 36.0 Å². The van der Waals surface area contributed by atoms with E-state index in [9.17, 15) is 10.1 Å². The van der Waals surface area contributed by atoms with Crippen LogP contribution in [0.5, 0.6) is 11.5 Å². The number of esters is 1. The molecule has 33 heavy (non-hydrogen) atoms. The summed E-state index contributed by atoms with van der Waals surface area (Å²) in [4.78, 5) is 12.7. The Morgan fingerprint density at radius 1 is 1.21 bits per heavy atom. The van der Waals surface area contributed by atoms with Gasteiger partial charge in [-0.15, -0.1) is 0 Å². The average molecular weight is 489 g/mol. The van der Waals surface area contributed by atoms with Crippen molar-refractivity contribution in [3.63, 3.8) is 0 Å². The normalized spacial score (nSPS) is 15.6. The molecule has 3 rings (SSSR count). The lowest BCUT2D eigenvalue weighted by Crippen LogP contribution is -2.25. The molecule has 1 aliphatic heterocycles. The van der Waals surface area contributed by atoms with Crippen LogP contribution < -0.4 is 15.2 Å². The maximum atomic E-state index is 12.7. The molecule has 1 aliphatic rings. The smallest absolute Gasteiger partial charge is 0.338 e. The molecule has 2 aromatic rings. The number of allylic oxidation sites excluding steroid dienone is 2. The third-order valence-corrected chi connectivity index (χ3v) is 5.76. The fraction of sp³-hybridized carbons (Fsp3) is 0.250. The first-order chi connectivity index (χ1) is 15.8. The molecule has 7 nitrogen and oxygen atoms in total. The summed E-state index contributed by atoms with van der Waals surface area (Å²) >= 11 is 12.4. The molecule has 0 aromatic heterocycles. The minimum atomic E-state index is -0.788. The highest BCUT2D eigenvalue weighted by Crippen LogP contribution is 2.42. The van der Waals surface area contributed by atoms with Crippen molar-refractivity contribution < 1.29 is 23.7 Å². The molecule has 0 fully saturated rings. The lowest BCUT2D eigenvalue weighted by Gasteiger charge is -2.27. The zero-order valence-corrected chi connectivity index (χ0v) is 19.8. The fourth-order valence-electron chi connectivity index (χ4n) is 3.49. The van der Waals surface area contributed by atoms with Crippen molar-refractivity contribution in [1.29, 1.82) is 5.26 Å². The van der Waals surface area contributed by atoms with Gasteiger partial charge in [-0.2, -0.15) is 5.26 Å². The van der Waals surface area contributed by atoms with E-state index < -0.39 is 11.9 Å². The number of nitriles is 1. The van der Waals surface area contributed by atoms with Crippen molar-refractivity contribution in [1.82, 2.24) is 0 Å². The van der Waals surface area contributed by atoms with Crippen LogP contribution in [0, 0.1) is 11.3 Å². The first-order valence-electron chi connectivity index (χ1n) is 10.0. The highest BCUT2D eigenvalue weighted by Gasteiger charge is 2.36. The number of hydrogen-bond acceptors (Lipinski definition) is 7. The number of nitrogens with zero attached hydrogens (tertiary/aromatic N) is 1. The SMILES string of the molecule is CCOC(=O)C1=C(C)OC(N)=C(C#N)C1c1ccc(OCc2c(Cl)cccc2Cl)c(OC)c1. The molecule has 2 N–H and O–H groups in total. The van der Waals surface area contributed by atoms with Gasteiger partial charge < -0.3 is 24.7 Å². The van der Waals surface area contributed by atoms with E-state index in [0.717, 1.165) is 0 Å². The predicted molar refractivity (Wildman–Crippen MR) is 124 cm³/mol. The van der Waals surface area contributed by atoms with Crippen LogP contribution in [0.1, 0.15) is 30.9 Å². The molecule has 0 saturated carbocycles. The standard InChI is InChI=1S/C24H22Cl2N2O5/c1-4-31-24(29)21-13(2)33-23(28)15(11-27)22(21)14-8-9-19(20(10-14)30-3)32-12-16-17(25)6-5-7-18(16)26/h5-10,22H,4,12,28H2,1-3H3. The molecular weight excluding hydrogens is 467 g/mol.